The summed E-state index contributed by atoms with van der Waals surface area (Å²) in [6, 6.07) is 14.5. The Kier molecular flexibility index (Phi) is 6.37. The Bertz CT molecular complexity index is 1310. The Morgan fingerprint density at radius 2 is 1.85 bits per heavy atom. The van der Waals surface area contributed by atoms with Crippen LogP contribution < -0.4 is 14.8 Å². The van der Waals surface area contributed by atoms with Gasteiger partial charge in [0.1, 0.15) is 0 Å². The molecule has 0 saturated heterocycles. The lowest BCUT2D eigenvalue weighted by Gasteiger charge is -2.08. The summed E-state index contributed by atoms with van der Waals surface area (Å²) in [6.07, 6.45) is 0. The van der Waals surface area contributed by atoms with Crippen LogP contribution in [0.15, 0.2) is 53.1 Å². The molecule has 33 heavy (non-hydrogen) atoms. The second-order valence-electron chi connectivity index (χ2n) is 7.40. The number of methoxy groups -OCH3 is 2. The quantitative estimate of drug-likeness (QED) is 0.406. The van der Waals surface area contributed by atoms with E-state index in [1.165, 1.54) is 0 Å². The SMILES string of the molecule is COc1ccc(-c2cc(C(=O)Nc3c(C)nn(Cc4ccccc4Cl)c3C)no2)cc1OC. The highest BCUT2D eigenvalue weighted by atomic mass is 35.5. The van der Waals surface area contributed by atoms with Crippen molar-refractivity contribution in [1.29, 1.82) is 0 Å². The summed E-state index contributed by atoms with van der Waals surface area (Å²) < 4.78 is 17.8. The second-order valence-corrected chi connectivity index (χ2v) is 7.80. The number of hydrogen-bond donors (Lipinski definition) is 1. The molecule has 170 valence electrons. The van der Waals surface area contributed by atoms with Gasteiger partial charge in [0.15, 0.2) is 23.0 Å². The number of benzene rings is 2. The van der Waals surface area contributed by atoms with E-state index in [0.717, 1.165) is 11.3 Å². The number of carbonyl (C=O) groups excluding carboxylic acids is 1. The molecule has 0 bridgehead atoms. The van der Waals surface area contributed by atoms with Crippen LogP contribution in [0.1, 0.15) is 27.4 Å². The highest BCUT2D eigenvalue weighted by molar-refractivity contribution is 6.31. The van der Waals surface area contributed by atoms with Crippen LogP contribution in [-0.2, 0) is 6.54 Å². The first-order chi connectivity index (χ1) is 15.9. The normalized spacial score (nSPS) is 10.8. The lowest BCUT2D eigenvalue weighted by molar-refractivity contribution is 0.101. The number of hydrogen-bond acceptors (Lipinski definition) is 6. The van der Waals surface area contributed by atoms with Crippen molar-refractivity contribution >= 4 is 23.2 Å². The number of anilines is 1. The van der Waals surface area contributed by atoms with Crippen LogP contribution in [0.2, 0.25) is 5.02 Å². The molecule has 1 N–H and O–H groups in total. The molecule has 8 nitrogen and oxygen atoms in total. The van der Waals surface area contributed by atoms with E-state index in [2.05, 4.69) is 15.6 Å². The molecule has 0 aliphatic heterocycles. The Labute approximate surface area is 196 Å². The molecule has 0 unspecified atom stereocenters. The van der Waals surface area contributed by atoms with Gasteiger partial charge in [-0.25, -0.2) is 0 Å². The number of nitrogens with one attached hydrogen (secondary N) is 1. The van der Waals surface area contributed by atoms with E-state index >= 15 is 0 Å². The van der Waals surface area contributed by atoms with Crippen molar-refractivity contribution in [3.05, 3.63) is 76.2 Å². The molecule has 1 amide bonds. The predicted molar refractivity (Wildman–Crippen MR) is 125 cm³/mol. The van der Waals surface area contributed by atoms with Crippen LogP contribution in [0, 0.1) is 13.8 Å². The Morgan fingerprint density at radius 3 is 2.58 bits per heavy atom. The Hall–Kier alpha value is -3.78. The third-order valence-corrected chi connectivity index (χ3v) is 5.68. The highest BCUT2D eigenvalue weighted by Gasteiger charge is 2.19. The number of aromatic nitrogens is 3. The number of aryl methyl sites for hydroxylation is 1. The summed E-state index contributed by atoms with van der Waals surface area (Å²) in [5.74, 6) is 1.19. The van der Waals surface area contributed by atoms with E-state index in [0.29, 0.717) is 45.8 Å². The summed E-state index contributed by atoms with van der Waals surface area (Å²) in [7, 11) is 3.12. The first-order valence-electron chi connectivity index (χ1n) is 10.2. The largest absolute Gasteiger partial charge is 0.493 e. The van der Waals surface area contributed by atoms with Crippen molar-refractivity contribution in [1.82, 2.24) is 14.9 Å². The lowest BCUT2D eigenvalue weighted by Crippen LogP contribution is -2.13. The topological polar surface area (TPSA) is 91.4 Å². The molecule has 0 atom stereocenters. The molecular formula is C24H23ClN4O4. The van der Waals surface area contributed by atoms with Gasteiger partial charge in [0.2, 0.25) is 0 Å². The molecule has 0 fully saturated rings. The Balaban J connectivity index is 1.53. The first kappa shape index (κ1) is 22.4. The highest BCUT2D eigenvalue weighted by Crippen LogP contribution is 2.32. The number of halogens is 1. The molecule has 2 aromatic carbocycles. The summed E-state index contributed by atoms with van der Waals surface area (Å²) in [6.45, 7) is 4.23. The maximum Gasteiger partial charge on any atom is 0.277 e. The smallest absolute Gasteiger partial charge is 0.277 e. The van der Waals surface area contributed by atoms with Crippen molar-refractivity contribution in [2.45, 2.75) is 20.4 Å². The molecule has 4 aromatic rings. The number of amides is 1. The van der Waals surface area contributed by atoms with Gasteiger partial charge in [0.25, 0.3) is 5.91 Å². The van der Waals surface area contributed by atoms with E-state index in [1.807, 2.05) is 42.8 Å². The molecule has 4 rings (SSSR count). The zero-order valence-electron chi connectivity index (χ0n) is 18.7. The third kappa shape index (κ3) is 4.56. The fourth-order valence-corrected chi connectivity index (χ4v) is 3.70. The van der Waals surface area contributed by atoms with E-state index < -0.39 is 5.91 Å². The minimum absolute atomic E-state index is 0.150. The predicted octanol–water partition coefficient (Wildman–Crippen LogP) is 5.13. The van der Waals surface area contributed by atoms with Crippen molar-refractivity contribution in [3.8, 4) is 22.8 Å². The lowest BCUT2D eigenvalue weighted by atomic mass is 10.1. The minimum Gasteiger partial charge on any atom is -0.493 e. The van der Waals surface area contributed by atoms with E-state index in [9.17, 15) is 4.79 Å². The molecule has 2 heterocycles. The first-order valence-corrected chi connectivity index (χ1v) is 10.6. The molecule has 0 spiro atoms. The molecule has 0 aliphatic rings. The van der Waals surface area contributed by atoms with E-state index in [1.54, 1.807) is 38.5 Å². The van der Waals surface area contributed by atoms with Gasteiger partial charge >= 0.3 is 0 Å². The van der Waals surface area contributed by atoms with Crippen LogP contribution in [0.3, 0.4) is 0 Å². The molecule has 9 heteroatoms. The molecule has 2 aromatic heterocycles. The van der Waals surface area contributed by atoms with Gasteiger partial charge < -0.3 is 19.3 Å². The van der Waals surface area contributed by atoms with Gasteiger partial charge in [-0.2, -0.15) is 5.10 Å². The summed E-state index contributed by atoms with van der Waals surface area (Å²) in [5.41, 5.74) is 3.93. The number of nitrogens with zero attached hydrogens (tertiary/aromatic N) is 3. The number of carbonyl (C=O) groups is 1. The number of ether oxygens (including phenoxy) is 2. The Morgan fingerprint density at radius 1 is 1.09 bits per heavy atom. The van der Waals surface area contributed by atoms with Gasteiger partial charge in [-0.05, 0) is 43.7 Å². The fraction of sp³-hybridized carbons (Fsp3) is 0.208. The van der Waals surface area contributed by atoms with Gasteiger partial charge in [-0.1, -0.05) is 35.0 Å². The zero-order valence-corrected chi connectivity index (χ0v) is 19.4. The third-order valence-electron chi connectivity index (χ3n) is 5.31. The average Bonchev–Trinajstić information content (AvgIpc) is 3.41. The van der Waals surface area contributed by atoms with Crippen LogP contribution in [-0.4, -0.2) is 35.1 Å². The summed E-state index contributed by atoms with van der Waals surface area (Å²) >= 11 is 6.28. The standard InChI is InChI=1S/C24H23ClN4O4/c1-14-23(15(2)29(27-14)13-17-7-5-6-8-18(17)25)26-24(30)19-12-21(33-28-19)16-9-10-20(31-3)22(11-16)32-4/h5-12H,13H2,1-4H3,(H,26,30). The minimum atomic E-state index is -0.394. The van der Waals surface area contributed by atoms with Crippen molar-refractivity contribution in [2.24, 2.45) is 0 Å². The van der Waals surface area contributed by atoms with Crippen molar-refractivity contribution < 1.29 is 18.8 Å². The zero-order chi connectivity index (χ0) is 23.5. The van der Waals surface area contributed by atoms with E-state index in [4.69, 9.17) is 25.6 Å². The van der Waals surface area contributed by atoms with Crippen LogP contribution >= 0.6 is 11.6 Å². The van der Waals surface area contributed by atoms with Crippen LogP contribution in [0.5, 0.6) is 11.5 Å². The maximum absolute atomic E-state index is 12.9. The monoisotopic (exact) mass is 466 g/mol. The fourth-order valence-electron chi connectivity index (χ4n) is 3.51. The maximum atomic E-state index is 12.9. The van der Waals surface area contributed by atoms with Gasteiger partial charge in [0, 0.05) is 16.7 Å². The molecule has 0 radical (unpaired) electrons. The van der Waals surface area contributed by atoms with Crippen LogP contribution in [0.25, 0.3) is 11.3 Å². The van der Waals surface area contributed by atoms with E-state index in [-0.39, 0.29) is 5.69 Å². The van der Waals surface area contributed by atoms with Crippen LogP contribution in [0.4, 0.5) is 5.69 Å². The second kappa shape index (κ2) is 9.38. The van der Waals surface area contributed by atoms with Gasteiger partial charge in [-0.3, -0.25) is 9.48 Å². The van der Waals surface area contributed by atoms with Crippen molar-refractivity contribution in [3.63, 3.8) is 0 Å². The summed E-state index contributed by atoms with van der Waals surface area (Å²) in [4.78, 5) is 12.9. The molecular weight excluding hydrogens is 444 g/mol. The molecule has 0 saturated carbocycles. The molecule has 0 aliphatic carbocycles. The van der Waals surface area contributed by atoms with Gasteiger partial charge in [-0.15, -0.1) is 0 Å². The van der Waals surface area contributed by atoms with Gasteiger partial charge in [0.05, 0.1) is 37.8 Å². The number of rotatable bonds is 7. The summed E-state index contributed by atoms with van der Waals surface area (Å²) in [5, 5.41) is 12.0. The average molecular weight is 467 g/mol. The van der Waals surface area contributed by atoms with Crippen molar-refractivity contribution in [2.75, 3.05) is 19.5 Å².